The average molecular weight is 321 g/mol. The molecule has 2 saturated heterocycles. The van der Waals surface area contributed by atoms with Gasteiger partial charge < -0.3 is 8.85 Å². The van der Waals surface area contributed by atoms with E-state index >= 15 is 0 Å². The number of hydrogen-bond donors (Lipinski definition) is 0. The number of aryl methyl sites for hydroxylation is 1. The van der Waals surface area contributed by atoms with Crippen molar-refractivity contribution >= 4 is 23.3 Å². The highest BCUT2D eigenvalue weighted by Gasteiger charge is 2.25. The van der Waals surface area contributed by atoms with Crippen molar-refractivity contribution in [3.8, 4) is 0 Å². The molecule has 0 N–H and O–H groups in total. The van der Waals surface area contributed by atoms with Gasteiger partial charge in [-0.3, -0.25) is 0 Å². The van der Waals surface area contributed by atoms with Crippen LogP contribution in [0.3, 0.4) is 0 Å². The van der Waals surface area contributed by atoms with E-state index in [0.717, 1.165) is 13.2 Å². The Hall–Kier alpha value is -0.426. The van der Waals surface area contributed by atoms with Crippen molar-refractivity contribution in [1.82, 2.24) is 0 Å². The normalized spacial score (nSPS) is 26.8. The minimum Gasteiger partial charge on any atom is -0.420 e. The van der Waals surface area contributed by atoms with E-state index < -0.39 is 18.1 Å². The molecule has 2 nitrogen and oxygen atoms in total. The van der Waals surface area contributed by atoms with E-state index in [1.165, 1.54) is 54.9 Å². The van der Waals surface area contributed by atoms with Gasteiger partial charge in [-0.2, -0.15) is 0 Å². The van der Waals surface area contributed by atoms with Crippen LogP contribution >= 0.6 is 0 Å². The summed E-state index contributed by atoms with van der Waals surface area (Å²) in [6.07, 6.45) is 5.27. The zero-order valence-electron chi connectivity index (χ0n) is 13.5. The molecule has 2 fully saturated rings. The Bertz CT molecular complexity index is 478. The fourth-order valence-electron chi connectivity index (χ4n) is 3.65. The summed E-state index contributed by atoms with van der Waals surface area (Å²) in [7, 11) is -2.19. The molecule has 2 aliphatic rings. The second-order valence-corrected chi connectivity index (χ2v) is 11.7. The first-order valence-corrected chi connectivity index (χ1v) is 12.5. The van der Waals surface area contributed by atoms with Gasteiger partial charge in [0.25, 0.3) is 0 Å². The fraction of sp³-hybridized carbons (Fsp3) is 0.647. The first-order chi connectivity index (χ1) is 10.3. The summed E-state index contributed by atoms with van der Waals surface area (Å²) in [5.74, 6) is 0. The predicted octanol–water partition coefficient (Wildman–Crippen LogP) is 2.66. The van der Waals surface area contributed by atoms with Gasteiger partial charge >= 0.3 is 0 Å². The third-order valence-electron chi connectivity index (χ3n) is 5.14. The van der Waals surface area contributed by atoms with Crippen LogP contribution in [0.2, 0.25) is 12.1 Å². The minimum atomic E-state index is -1.18. The summed E-state index contributed by atoms with van der Waals surface area (Å²) in [6, 6.07) is 8.61. The zero-order chi connectivity index (χ0) is 14.7. The average Bonchev–Trinajstić information content (AvgIpc) is 2.54. The Morgan fingerprint density at radius 1 is 0.952 bits per heavy atom. The first kappa shape index (κ1) is 15.5. The van der Waals surface area contributed by atoms with E-state index in [-0.39, 0.29) is 0 Å². The van der Waals surface area contributed by atoms with Gasteiger partial charge in [-0.25, -0.2) is 0 Å². The second-order valence-electron chi connectivity index (χ2n) is 6.62. The molecule has 0 radical (unpaired) electrons. The molecule has 2 unspecified atom stereocenters. The molecular formula is C17H28O2Si2. The van der Waals surface area contributed by atoms with Crippen molar-refractivity contribution < 1.29 is 8.85 Å². The van der Waals surface area contributed by atoms with Crippen LogP contribution in [-0.2, 0) is 14.9 Å². The molecule has 2 aliphatic heterocycles. The molecule has 0 aliphatic carbocycles. The minimum absolute atomic E-state index is 0.987. The van der Waals surface area contributed by atoms with Gasteiger partial charge in [0.2, 0.25) is 9.04 Å². The van der Waals surface area contributed by atoms with Crippen LogP contribution < -0.4 is 5.19 Å². The third kappa shape index (κ3) is 3.67. The molecule has 2 atom stereocenters. The van der Waals surface area contributed by atoms with E-state index in [1.54, 1.807) is 10.8 Å². The second kappa shape index (κ2) is 7.22. The zero-order valence-corrected chi connectivity index (χ0v) is 15.8. The van der Waals surface area contributed by atoms with E-state index in [2.05, 4.69) is 26.0 Å². The molecular weight excluding hydrogens is 292 g/mol. The number of rotatable bonds is 3. The summed E-state index contributed by atoms with van der Waals surface area (Å²) in [5, 5.41) is 1.60. The monoisotopic (exact) mass is 320 g/mol. The summed E-state index contributed by atoms with van der Waals surface area (Å²) in [5.41, 5.74) is 4.56. The highest BCUT2D eigenvalue weighted by atomic mass is 28.3. The molecule has 1 aromatic carbocycles. The Kier molecular flexibility index (Phi) is 5.32. The smallest absolute Gasteiger partial charge is 0.208 e. The summed E-state index contributed by atoms with van der Waals surface area (Å²) in [6.45, 7) is 6.55. The van der Waals surface area contributed by atoms with Crippen LogP contribution in [0.5, 0.6) is 0 Å². The van der Waals surface area contributed by atoms with Crippen molar-refractivity contribution in [2.45, 2.75) is 57.7 Å². The highest BCUT2D eigenvalue weighted by molar-refractivity contribution is 6.68. The lowest BCUT2D eigenvalue weighted by Gasteiger charge is -2.28. The quantitative estimate of drug-likeness (QED) is 0.797. The molecule has 3 rings (SSSR count). The molecule has 116 valence electrons. The van der Waals surface area contributed by atoms with Gasteiger partial charge in [-0.05, 0) is 66.7 Å². The summed E-state index contributed by atoms with van der Waals surface area (Å²) >= 11 is 0. The molecule has 1 aromatic rings. The largest absolute Gasteiger partial charge is 0.420 e. The van der Waals surface area contributed by atoms with Crippen molar-refractivity contribution in [2.75, 3.05) is 13.2 Å². The van der Waals surface area contributed by atoms with Gasteiger partial charge in [-0.1, -0.05) is 25.0 Å². The molecule has 0 amide bonds. The van der Waals surface area contributed by atoms with Crippen LogP contribution in [-0.4, -0.2) is 31.3 Å². The van der Waals surface area contributed by atoms with Gasteiger partial charge in [-0.15, -0.1) is 0 Å². The van der Waals surface area contributed by atoms with Crippen molar-refractivity contribution in [3.05, 3.63) is 28.8 Å². The molecule has 0 saturated carbocycles. The standard InChI is InChI=1S/C17H28O2Si2/c1-14-7-8-17(21-12-6-4-10-19-21)16(15(14)2)13-20-11-5-3-9-18-20/h7-8,20-21H,3-6,9-13H2,1-2H3. The Balaban J connectivity index is 1.85. The van der Waals surface area contributed by atoms with Crippen molar-refractivity contribution in [2.24, 2.45) is 0 Å². The maximum atomic E-state index is 6.20. The third-order valence-corrected chi connectivity index (χ3v) is 10.6. The van der Waals surface area contributed by atoms with Gasteiger partial charge in [0.1, 0.15) is 0 Å². The summed E-state index contributed by atoms with van der Waals surface area (Å²) < 4.78 is 12.3. The molecule has 4 heteroatoms. The van der Waals surface area contributed by atoms with E-state index in [9.17, 15) is 0 Å². The first-order valence-electron chi connectivity index (χ1n) is 8.58. The lowest BCUT2D eigenvalue weighted by atomic mass is 10.0. The number of benzene rings is 1. The summed E-state index contributed by atoms with van der Waals surface area (Å²) in [4.78, 5) is 0. The highest BCUT2D eigenvalue weighted by Crippen LogP contribution is 2.21. The van der Waals surface area contributed by atoms with Crippen LogP contribution in [0.1, 0.15) is 42.4 Å². The lowest BCUT2D eigenvalue weighted by molar-refractivity contribution is 0.286. The molecule has 0 spiro atoms. The number of hydrogen-bond acceptors (Lipinski definition) is 2. The SMILES string of the molecule is Cc1ccc([SiH]2CCCCO2)c(C[SiH]2CCCCO2)c1C. The van der Waals surface area contributed by atoms with Crippen LogP contribution in [0.4, 0.5) is 0 Å². The maximum absolute atomic E-state index is 6.20. The molecule has 2 heterocycles. The molecule has 0 aromatic heterocycles. The van der Waals surface area contributed by atoms with Crippen molar-refractivity contribution in [1.29, 1.82) is 0 Å². The van der Waals surface area contributed by atoms with Gasteiger partial charge in [0.15, 0.2) is 9.04 Å². The van der Waals surface area contributed by atoms with E-state index in [4.69, 9.17) is 8.85 Å². The van der Waals surface area contributed by atoms with Crippen LogP contribution in [0, 0.1) is 13.8 Å². The molecule has 21 heavy (non-hydrogen) atoms. The fourth-order valence-corrected chi connectivity index (χ4v) is 9.42. The Labute approximate surface area is 132 Å². The van der Waals surface area contributed by atoms with Gasteiger partial charge in [0, 0.05) is 13.2 Å². The predicted molar refractivity (Wildman–Crippen MR) is 93.5 cm³/mol. The Morgan fingerprint density at radius 3 is 2.38 bits per heavy atom. The molecule has 0 bridgehead atoms. The topological polar surface area (TPSA) is 18.5 Å². The van der Waals surface area contributed by atoms with Gasteiger partial charge in [0.05, 0.1) is 0 Å². The van der Waals surface area contributed by atoms with E-state index in [1.807, 2.05) is 0 Å². The van der Waals surface area contributed by atoms with Crippen LogP contribution in [0.25, 0.3) is 0 Å². The lowest BCUT2D eigenvalue weighted by Crippen LogP contribution is -2.41. The maximum Gasteiger partial charge on any atom is 0.208 e. The van der Waals surface area contributed by atoms with Crippen molar-refractivity contribution in [3.63, 3.8) is 0 Å². The van der Waals surface area contributed by atoms with E-state index in [0.29, 0.717) is 0 Å². The van der Waals surface area contributed by atoms with Crippen LogP contribution in [0.15, 0.2) is 12.1 Å². The Morgan fingerprint density at radius 2 is 1.71 bits per heavy atom.